The number of rotatable bonds is 4. The first-order valence-electron chi connectivity index (χ1n) is 8.47. The van der Waals surface area contributed by atoms with Crippen LogP contribution in [0.15, 0.2) is 24.3 Å². The molecule has 2 fully saturated rings. The van der Waals surface area contributed by atoms with Gasteiger partial charge in [-0.15, -0.1) is 0 Å². The predicted octanol–water partition coefficient (Wildman–Crippen LogP) is 3.25. The maximum atomic E-state index is 13.2. The van der Waals surface area contributed by atoms with E-state index in [2.05, 4.69) is 9.80 Å². The third kappa shape index (κ3) is 4.19. The van der Waals surface area contributed by atoms with Crippen LogP contribution in [-0.4, -0.2) is 48.7 Å². The van der Waals surface area contributed by atoms with E-state index in [4.69, 9.17) is 0 Å². The van der Waals surface area contributed by atoms with Crippen molar-refractivity contribution in [2.75, 3.05) is 37.6 Å². The molecule has 0 radical (unpaired) electrons. The largest absolute Gasteiger partial charge is 0.369 e. The van der Waals surface area contributed by atoms with E-state index < -0.39 is 6.17 Å². The molecule has 0 unspecified atom stereocenters. The number of benzene rings is 1. The number of nitro benzene ring substituents is 1. The van der Waals surface area contributed by atoms with E-state index in [-0.39, 0.29) is 10.6 Å². The van der Waals surface area contributed by atoms with Crippen molar-refractivity contribution in [2.24, 2.45) is 5.92 Å². The van der Waals surface area contributed by atoms with Crippen LogP contribution in [0.5, 0.6) is 0 Å². The maximum Gasteiger partial charge on any atom is 0.269 e. The number of hydrogen-bond donors (Lipinski definition) is 0. The molecule has 1 aromatic rings. The van der Waals surface area contributed by atoms with Crippen molar-refractivity contribution in [3.8, 4) is 0 Å². The Morgan fingerprint density at radius 1 is 1.04 bits per heavy atom. The predicted molar refractivity (Wildman–Crippen MR) is 88.6 cm³/mol. The summed E-state index contributed by atoms with van der Waals surface area (Å²) in [4.78, 5) is 15.1. The lowest BCUT2D eigenvalue weighted by Gasteiger charge is -2.38. The van der Waals surface area contributed by atoms with Crippen LogP contribution in [0, 0.1) is 16.0 Å². The molecule has 3 rings (SSSR count). The summed E-state index contributed by atoms with van der Waals surface area (Å²) in [5.74, 6) is 0.646. The van der Waals surface area contributed by atoms with Crippen molar-refractivity contribution in [1.82, 2.24) is 4.90 Å². The summed E-state index contributed by atoms with van der Waals surface area (Å²) >= 11 is 0. The van der Waals surface area contributed by atoms with E-state index in [0.29, 0.717) is 5.92 Å². The van der Waals surface area contributed by atoms with Gasteiger partial charge in [0.2, 0.25) is 0 Å². The summed E-state index contributed by atoms with van der Waals surface area (Å²) in [6.07, 6.45) is 2.92. The number of anilines is 1. The SMILES string of the molecule is O=[N+]([O-])c1ccc(N2CCN(CC3CCC(F)CC3)CC2)cc1. The Labute approximate surface area is 136 Å². The highest BCUT2D eigenvalue weighted by atomic mass is 19.1. The molecule has 1 heterocycles. The molecular weight excluding hydrogens is 297 g/mol. The molecule has 5 nitrogen and oxygen atoms in total. The lowest BCUT2D eigenvalue weighted by atomic mass is 9.87. The first-order chi connectivity index (χ1) is 11.1. The van der Waals surface area contributed by atoms with Gasteiger partial charge in [-0.3, -0.25) is 15.0 Å². The Balaban J connectivity index is 1.47. The average Bonchev–Trinajstić information content (AvgIpc) is 2.58. The summed E-state index contributed by atoms with van der Waals surface area (Å²) in [7, 11) is 0. The zero-order chi connectivity index (χ0) is 16.2. The van der Waals surface area contributed by atoms with Crippen LogP contribution in [-0.2, 0) is 0 Å². The van der Waals surface area contributed by atoms with Gasteiger partial charge in [-0.1, -0.05) is 0 Å². The quantitative estimate of drug-likeness (QED) is 0.631. The standard InChI is InChI=1S/C17H24FN3O2/c18-15-3-1-14(2-4-15)13-19-9-11-20(12-10-19)16-5-7-17(8-6-16)21(22)23/h5-8,14-15H,1-4,9-13H2. The zero-order valence-corrected chi connectivity index (χ0v) is 13.4. The first-order valence-corrected chi connectivity index (χ1v) is 8.47. The van der Waals surface area contributed by atoms with Crippen LogP contribution in [0.4, 0.5) is 15.8 Å². The fourth-order valence-corrected chi connectivity index (χ4v) is 3.64. The van der Waals surface area contributed by atoms with Gasteiger partial charge in [-0.05, 0) is 43.7 Å². The Morgan fingerprint density at radius 3 is 2.22 bits per heavy atom. The van der Waals surface area contributed by atoms with Crippen LogP contribution in [0.1, 0.15) is 25.7 Å². The number of alkyl halides is 1. The topological polar surface area (TPSA) is 49.6 Å². The van der Waals surface area contributed by atoms with Gasteiger partial charge in [0.05, 0.1) is 4.92 Å². The van der Waals surface area contributed by atoms with Crippen molar-refractivity contribution in [2.45, 2.75) is 31.9 Å². The Morgan fingerprint density at radius 2 is 1.65 bits per heavy atom. The van der Waals surface area contributed by atoms with Gasteiger partial charge in [0.25, 0.3) is 5.69 Å². The van der Waals surface area contributed by atoms with Gasteiger partial charge < -0.3 is 4.90 Å². The summed E-state index contributed by atoms with van der Waals surface area (Å²) in [6.45, 7) is 4.98. The summed E-state index contributed by atoms with van der Waals surface area (Å²) in [5.41, 5.74) is 1.18. The van der Waals surface area contributed by atoms with Crippen LogP contribution in [0.25, 0.3) is 0 Å². The zero-order valence-electron chi connectivity index (χ0n) is 13.4. The molecular formula is C17H24FN3O2. The molecule has 1 saturated heterocycles. The fourth-order valence-electron chi connectivity index (χ4n) is 3.64. The van der Waals surface area contributed by atoms with Gasteiger partial charge in [-0.25, -0.2) is 4.39 Å². The first kappa shape index (κ1) is 16.2. The van der Waals surface area contributed by atoms with E-state index >= 15 is 0 Å². The van der Waals surface area contributed by atoms with Gasteiger partial charge in [0.1, 0.15) is 6.17 Å². The molecule has 0 amide bonds. The number of non-ortho nitro benzene ring substituents is 1. The smallest absolute Gasteiger partial charge is 0.269 e. The third-order valence-corrected chi connectivity index (χ3v) is 5.09. The molecule has 0 N–H and O–H groups in total. The normalized spacial score (nSPS) is 26.2. The second kappa shape index (κ2) is 7.25. The minimum absolute atomic E-state index is 0.135. The van der Waals surface area contributed by atoms with Gasteiger partial charge >= 0.3 is 0 Å². The molecule has 126 valence electrons. The maximum absolute atomic E-state index is 13.2. The van der Waals surface area contributed by atoms with Crippen molar-refractivity contribution >= 4 is 11.4 Å². The number of hydrogen-bond acceptors (Lipinski definition) is 4. The van der Waals surface area contributed by atoms with Crippen LogP contribution >= 0.6 is 0 Å². The molecule has 1 saturated carbocycles. The highest BCUT2D eigenvalue weighted by molar-refractivity contribution is 5.51. The Bertz CT molecular complexity index is 521. The average molecular weight is 321 g/mol. The van der Waals surface area contributed by atoms with Gasteiger partial charge in [0, 0.05) is 50.5 Å². The van der Waals surface area contributed by atoms with Crippen molar-refractivity contribution in [1.29, 1.82) is 0 Å². The van der Waals surface area contributed by atoms with Crippen LogP contribution in [0.2, 0.25) is 0 Å². The lowest BCUT2D eigenvalue weighted by molar-refractivity contribution is -0.384. The van der Waals surface area contributed by atoms with E-state index in [1.165, 1.54) is 0 Å². The lowest BCUT2D eigenvalue weighted by Crippen LogP contribution is -2.48. The van der Waals surface area contributed by atoms with E-state index in [9.17, 15) is 14.5 Å². The number of nitro groups is 1. The van der Waals surface area contributed by atoms with E-state index in [1.54, 1.807) is 12.1 Å². The number of nitrogens with zero attached hydrogens (tertiary/aromatic N) is 3. The Hall–Kier alpha value is -1.69. The molecule has 0 spiro atoms. The monoisotopic (exact) mass is 321 g/mol. The summed E-state index contributed by atoms with van der Waals surface area (Å²) < 4.78 is 13.2. The highest BCUT2D eigenvalue weighted by Gasteiger charge is 2.24. The second-order valence-corrected chi connectivity index (χ2v) is 6.68. The van der Waals surface area contributed by atoms with Crippen LogP contribution in [0.3, 0.4) is 0 Å². The van der Waals surface area contributed by atoms with E-state index in [0.717, 1.165) is 64.1 Å². The van der Waals surface area contributed by atoms with E-state index in [1.807, 2.05) is 12.1 Å². The molecule has 1 aliphatic carbocycles. The Kier molecular flexibility index (Phi) is 5.10. The third-order valence-electron chi connectivity index (χ3n) is 5.09. The summed E-state index contributed by atoms with van der Waals surface area (Å²) in [6, 6.07) is 6.79. The van der Waals surface area contributed by atoms with Gasteiger partial charge in [-0.2, -0.15) is 0 Å². The molecule has 6 heteroatoms. The molecule has 1 aliphatic heterocycles. The molecule has 0 bridgehead atoms. The fraction of sp³-hybridized carbons (Fsp3) is 0.647. The number of piperazine rings is 1. The minimum Gasteiger partial charge on any atom is -0.369 e. The molecule has 23 heavy (non-hydrogen) atoms. The molecule has 2 aliphatic rings. The molecule has 0 aromatic heterocycles. The highest BCUT2D eigenvalue weighted by Crippen LogP contribution is 2.27. The molecule has 1 aromatic carbocycles. The van der Waals surface area contributed by atoms with Crippen molar-refractivity contribution in [3.05, 3.63) is 34.4 Å². The van der Waals surface area contributed by atoms with Crippen molar-refractivity contribution in [3.63, 3.8) is 0 Å². The van der Waals surface area contributed by atoms with Crippen molar-refractivity contribution < 1.29 is 9.31 Å². The number of halogens is 1. The molecule has 0 atom stereocenters. The minimum atomic E-state index is -0.578. The van der Waals surface area contributed by atoms with Gasteiger partial charge in [0.15, 0.2) is 0 Å². The summed E-state index contributed by atoms with van der Waals surface area (Å²) in [5, 5.41) is 10.7. The second-order valence-electron chi connectivity index (χ2n) is 6.68. The van der Waals surface area contributed by atoms with Crippen LogP contribution < -0.4 is 4.90 Å².